The number of hydrogen-bond acceptors (Lipinski definition) is 4. The lowest BCUT2D eigenvalue weighted by Crippen LogP contribution is -2.26. The summed E-state index contributed by atoms with van der Waals surface area (Å²) < 4.78 is 11.1. The predicted octanol–water partition coefficient (Wildman–Crippen LogP) is 3.84. The molecule has 20 heavy (non-hydrogen) atoms. The summed E-state index contributed by atoms with van der Waals surface area (Å²) >= 11 is 0. The lowest BCUT2D eigenvalue weighted by Gasteiger charge is -2.23. The summed E-state index contributed by atoms with van der Waals surface area (Å²) in [4.78, 5) is 16.0. The van der Waals surface area contributed by atoms with Crippen LogP contribution in [0.15, 0.2) is 34.7 Å². The highest BCUT2D eigenvalue weighted by Crippen LogP contribution is 2.31. The highest BCUT2D eigenvalue weighted by atomic mass is 16.6. The van der Waals surface area contributed by atoms with Crippen molar-refractivity contribution in [1.82, 2.24) is 4.98 Å². The van der Waals surface area contributed by atoms with Crippen LogP contribution in [-0.4, -0.2) is 11.0 Å². The van der Waals surface area contributed by atoms with E-state index in [2.05, 4.69) is 4.98 Å². The van der Waals surface area contributed by atoms with Crippen molar-refractivity contribution in [1.29, 1.82) is 0 Å². The van der Waals surface area contributed by atoms with E-state index in [1.165, 1.54) is 0 Å². The van der Waals surface area contributed by atoms with Crippen molar-refractivity contribution in [2.75, 3.05) is 0 Å². The zero-order valence-electron chi connectivity index (χ0n) is 12.3. The molecule has 0 radical (unpaired) electrons. The Morgan fingerprint density at radius 1 is 1.30 bits per heavy atom. The first-order chi connectivity index (χ1) is 9.44. The maximum atomic E-state index is 11.5. The summed E-state index contributed by atoms with van der Waals surface area (Å²) in [6.07, 6.45) is 0.339. The van der Waals surface area contributed by atoms with E-state index >= 15 is 0 Å². The van der Waals surface area contributed by atoms with Gasteiger partial charge in [0, 0.05) is 12.0 Å². The molecule has 1 aromatic heterocycles. The van der Waals surface area contributed by atoms with Crippen LogP contribution in [0.1, 0.15) is 38.6 Å². The maximum absolute atomic E-state index is 11.5. The van der Waals surface area contributed by atoms with Gasteiger partial charge in [0.1, 0.15) is 11.5 Å². The van der Waals surface area contributed by atoms with E-state index in [-0.39, 0.29) is 5.97 Å². The molecule has 106 valence electrons. The average molecular weight is 273 g/mol. The van der Waals surface area contributed by atoms with E-state index < -0.39 is 5.60 Å². The molecular formula is C16H19NO3. The van der Waals surface area contributed by atoms with Gasteiger partial charge in [-0.05, 0) is 32.9 Å². The molecule has 1 aromatic carbocycles. The Labute approximate surface area is 118 Å². The van der Waals surface area contributed by atoms with Gasteiger partial charge in [-0.2, -0.15) is 0 Å². The first kappa shape index (κ1) is 14.3. The smallest absolute Gasteiger partial charge is 0.306 e. The second-order valence-corrected chi connectivity index (χ2v) is 5.13. The van der Waals surface area contributed by atoms with E-state index in [1.54, 1.807) is 6.92 Å². The fourth-order valence-electron chi connectivity index (χ4n) is 2.06. The highest BCUT2D eigenvalue weighted by molar-refractivity contribution is 5.69. The number of aromatic nitrogens is 1. The lowest BCUT2D eigenvalue weighted by molar-refractivity contribution is -0.157. The Hall–Kier alpha value is -2.10. The Kier molecular flexibility index (Phi) is 3.93. The van der Waals surface area contributed by atoms with Gasteiger partial charge in [0.15, 0.2) is 5.60 Å². The largest absolute Gasteiger partial charge is 0.453 e. The van der Waals surface area contributed by atoms with Crippen LogP contribution in [0.2, 0.25) is 0 Å². The van der Waals surface area contributed by atoms with Crippen LogP contribution in [0.25, 0.3) is 11.5 Å². The molecule has 0 unspecified atom stereocenters. The number of rotatable bonds is 4. The summed E-state index contributed by atoms with van der Waals surface area (Å²) in [5, 5.41) is 0. The van der Waals surface area contributed by atoms with Gasteiger partial charge in [-0.25, -0.2) is 4.98 Å². The van der Waals surface area contributed by atoms with Crippen LogP contribution in [-0.2, 0) is 15.1 Å². The minimum atomic E-state index is -0.798. The summed E-state index contributed by atoms with van der Waals surface area (Å²) in [7, 11) is 0. The molecule has 2 rings (SSSR count). The van der Waals surface area contributed by atoms with Crippen molar-refractivity contribution in [2.24, 2.45) is 0 Å². The fraction of sp³-hybridized carbons (Fsp3) is 0.375. The predicted molar refractivity (Wildman–Crippen MR) is 76.1 cm³/mol. The van der Waals surface area contributed by atoms with Gasteiger partial charge in [-0.1, -0.05) is 25.1 Å². The first-order valence-corrected chi connectivity index (χ1v) is 6.69. The summed E-state index contributed by atoms with van der Waals surface area (Å²) in [5.41, 5.74) is 0.755. The van der Waals surface area contributed by atoms with Crippen LogP contribution in [0.4, 0.5) is 0 Å². The molecule has 0 amide bonds. The van der Waals surface area contributed by atoms with Gasteiger partial charge < -0.3 is 9.15 Å². The van der Waals surface area contributed by atoms with Gasteiger partial charge in [0.2, 0.25) is 5.89 Å². The summed E-state index contributed by atoms with van der Waals surface area (Å²) in [6, 6.07) is 9.65. The molecule has 0 N–H and O–H groups in total. The molecule has 4 nitrogen and oxygen atoms in total. The van der Waals surface area contributed by atoms with Crippen molar-refractivity contribution in [3.05, 3.63) is 41.8 Å². The number of oxazole rings is 1. The monoisotopic (exact) mass is 273 g/mol. The number of esters is 1. The van der Waals surface area contributed by atoms with Crippen LogP contribution in [0.5, 0.6) is 0 Å². The lowest BCUT2D eigenvalue weighted by atomic mass is 10.0. The van der Waals surface area contributed by atoms with Crippen molar-refractivity contribution in [3.63, 3.8) is 0 Å². The second-order valence-electron chi connectivity index (χ2n) is 5.13. The van der Waals surface area contributed by atoms with E-state index in [0.717, 1.165) is 5.56 Å². The highest BCUT2D eigenvalue weighted by Gasteiger charge is 2.31. The second kappa shape index (κ2) is 5.49. The topological polar surface area (TPSA) is 52.3 Å². The molecule has 0 aliphatic heterocycles. The van der Waals surface area contributed by atoms with Crippen LogP contribution in [0.3, 0.4) is 0 Å². The number of hydrogen-bond donors (Lipinski definition) is 0. The third kappa shape index (κ3) is 2.90. The molecule has 0 aliphatic rings. The van der Waals surface area contributed by atoms with Crippen molar-refractivity contribution in [3.8, 4) is 11.5 Å². The van der Waals surface area contributed by atoms with Crippen LogP contribution < -0.4 is 0 Å². The van der Waals surface area contributed by atoms with Crippen molar-refractivity contribution >= 4 is 5.97 Å². The minimum Gasteiger partial charge on any atom is -0.453 e. The number of carbonyl (C=O) groups excluding carboxylic acids is 1. The number of nitrogens with zero attached hydrogens (tertiary/aromatic N) is 1. The van der Waals surface area contributed by atoms with Crippen molar-refractivity contribution in [2.45, 2.75) is 39.7 Å². The number of carbonyl (C=O) groups is 1. The molecule has 0 saturated heterocycles. The summed E-state index contributed by atoms with van der Waals surface area (Å²) in [5.74, 6) is 0.954. The van der Waals surface area contributed by atoms with Gasteiger partial charge in [0.05, 0.1) is 0 Å². The van der Waals surface area contributed by atoms with Crippen LogP contribution >= 0.6 is 0 Å². The number of ether oxygens (including phenoxy) is 1. The van der Waals surface area contributed by atoms with Gasteiger partial charge in [0.25, 0.3) is 0 Å². The molecule has 2 aromatic rings. The SMILES string of the molecule is CCC(=O)OC(C)(C)c1nc(-c2ccccc2)oc1C. The minimum absolute atomic E-state index is 0.251. The quantitative estimate of drug-likeness (QED) is 0.794. The van der Waals surface area contributed by atoms with Crippen molar-refractivity contribution < 1.29 is 13.9 Å². The molecule has 0 saturated carbocycles. The standard InChI is InChI=1S/C16H19NO3/c1-5-13(18)20-16(3,4)14-11(2)19-15(17-14)12-9-7-6-8-10-12/h6-10H,5H2,1-4H3. The maximum Gasteiger partial charge on any atom is 0.306 e. The number of benzene rings is 1. The molecule has 0 atom stereocenters. The fourth-order valence-corrected chi connectivity index (χ4v) is 2.06. The molecular weight excluding hydrogens is 254 g/mol. The summed E-state index contributed by atoms with van der Waals surface area (Å²) in [6.45, 7) is 7.24. The molecule has 0 spiro atoms. The zero-order chi connectivity index (χ0) is 14.8. The third-order valence-electron chi connectivity index (χ3n) is 3.05. The zero-order valence-corrected chi connectivity index (χ0v) is 12.3. The Morgan fingerprint density at radius 3 is 2.55 bits per heavy atom. The normalized spacial score (nSPS) is 11.4. The molecule has 4 heteroatoms. The Balaban J connectivity index is 2.34. The first-order valence-electron chi connectivity index (χ1n) is 6.69. The van der Waals surface area contributed by atoms with E-state index in [0.29, 0.717) is 23.8 Å². The van der Waals surface area contributed by atoms with E-state index in [9.17, 15) is 4.79 Å². The number of aryl methyl sites for hydroxylation is 1. The molecule has 0 aliphatic carbocycles. The molecule has 0 fully saturated rings. The van der Waals surface area contributed by atoms with Gasteiger partial charge in [-0.15, -0.1) is 0 Å². The molecule has 0 bridgehead atoms. The molecule has 1 heterocycles. The van der Waals surface area contributed by atoms with E-state index in [4.69, 9.17) is 9.15 Å². The van der Waals surface area contributed by atoms with Crippen LogP contribution in [0, 0.1) is 6.92 Å². The Morgan fingerprint density at radius 2 is 1.95 bits per heavy atom. The third-order valence-corrected chi connectivity index (χ3v) is 3.05. The van der Waals surface area contributed by atoms with E-state index in [1.807, 2.05) is 51.1 Å². The van der Waals surface area contributed by atoms with Gasteiger partial charge >= 0.3 is 5.97 Å². The average Bonchev–Trinajstić information content (AvgIpc) is 2.82. The Bertz CT molecular complexity index is 599. The van der Waals surface area contributed by atoms with Gasteiger partial charge in [-0.3, -0.25) is 4.79 Å².